The molecule has 1 aromatic carbocycles. The van der Waals surface area contributed by atoms with Crippen molar-refractivity contribution in [2.75, 3.05) is 0 Å². The number of nitrogens with zero attached hydrogens (tertiary/aromatic N) is 2. The highest BCUT2D eigenvalue weighted by molar-refractivity contribution is 6.38. The predicted octanol–water partition coefficient (Wildman–Crippen LogP) is 2.43. The van der Waals surface area contributed by atoms with Crippen LogP contribution in [0.25, 0.3) is 0 Å². The minimum atomic E-state index is -0.745. The highest BCUT2D eigenvalue weighted by Gasteiger charge is 2.38. The lowest BCUT2D eigenvalue weighted by molar-refractivity contribution is -0.152. The minimum Gasteiger partial charge on any atom is -0.330 e. The first-order chi connectivity index (χ1) is 10.7. The van der Waals surface area contributed by atoms with Crippen molar-refractivity contribution in [2.24, 2.45) is 0 Å². The van der Waals surface area contributed by atoms with Crippen LogP contribution in [0.4, 0.5) is 0 Å². The fraction of sp³-hybridized carbons (Fsp3) is 0.500. The van der Waals surface area contributed by atoms with Crippen LogP contribution in [0.1, 0.15) is 54.7 Å². The summed E-state index contributed by atoms with van der Waals surface area (Å²) >= 11 is 0. The second kappa shape index (κ2) is 6.14. The molecule has 0 aromatic heterocycles. The van der Waals surface area contributed by atoms with Crippen molar-refractivity contribution < 1.29 is 14.4 Å². The van der Waals surface area contributed by atoms with Crippen molar-refractivity contribution in [2.45, 2.75) is 60.2 Å². The fourth-order valence-electron chi connectivity index (χ4n) is 3.11. The van der Waals surface area contributed by atoms with E-state index in [1.165, 1.54) is 4.90 Å². The molecule has 5 nitrogen and oxygen atoms in total. The maximum absolute atomic E-state index is 12.6. The van der Waals surface area contributed by atoms with Crippen molar-refractivity contribution in [1.82, 2.24) is 9.80 Å². The van der Waals surface area contributed by atoms with Crippen molar-refractivity contribution in [3.63, 3.8) is 0 Å². The summed E-state index contributed by atoms with van der Waals surface area (Å²) in [6, 6.07) is 3.41. The van der Waals surface area contributed by atoms with Gasteiger partial charge in [-0.15, -0.1) is 0 Å². The topological polar surface area (TPSA) is 57.7 Å². The fourth-order valence-corrected chi connectivity index (χ4v) is 3.11. The number of rotatable bonds is 2. The largest absolute Gasteiger partial charge is 0.330 e. The molecule has 0 N–H and O–H groups in total. The summed E-state index contributed by atoms with van der Waals surface area (Å²) < 4.78 is 0. The van der Waals surface area contributed by atoms with Gasteiger partial charge in [-0.25, -0.2) is 0 Å². The van der Waals surface area contributed by atoms with E-state index in [0.717, 1.165) is 21.6 Å². The summed E-state index contributed by atoms with van der Waals surface area (Å²) in [6.45, 7) is 11.5. The molecular weight excluding hydrogens is 292 g/mol. The smallest absolute Gasteiger partial charge is 0.319 e. The van der Waals surface area contributed by atoms with E-state index in [9.17, 15) is 14.4 Å². The molecule has 3 amide bonds. The third-order valence-electron chi connectivity index (χ3n) is 4.44. The van der Waals surface area contributed by atoms with Gasteiger partial charge in [0.25, 0.3) is 5.91 Å². The highest BCUT2D eigenvalue weighted by Crippen LogP contribution is 2.28. The molecule has 1 aromatic rings. The number of aryl methyl sites for hydroxylation is 1. The summed E-state index contributed by atoms with van der Waals surface area (Å²) in [4.78, 5) is 40.2. The SMILES string of the molecule is Cc1ccc2c(c1C)CN(C(=O)C(=O)N(C(C)C)C(C)C)C2=O. The first kappa shape index (κ1) is 17.2. The standard InChI is InChI=1S/C18H24N2O3/c1-10(2)20(11(3)4)18(23)17(22)19-9-15-13(6)12(5)7-8-14(15)16(19)21/h7-8,10-11H,9H2,1-6H3. The lowest BCUT2D eigenvalue weighted by Crippen LogP contribution is -2.50. The van der Waals surface area contributed by atoms with E-state index < -0.39 is 11.8 Å². The highest BCUT2D eigenvalue weighted by atomic mass is 16.2. The van der Waals surface area contributed by atoms with Crippen molar-refractivity contribution in [3.05, 3.63) is 34.4 Å². The van der Waals surface area contributed by atoms with Crippen LogP contribution < -0.4 is 0 Å². The third-order valence-corrected chi connectivity index (χ3v) is 4.44. The van der Waals surface area contributed by atoms with Gasteiger partial charge in [0.2, 0.25) is 0 Å². The number of hydrogen-bond donors (Lipinski definition) is 0. The molecule has 23 heavy (non-hydrogen) atoms. The maximum Gasteiger partial charge on any atom is 0.319 e. The van der Waals surface area contributed by atoms with Crippen LogP contribution in [0, 0.1) is 13.8 Å². The second-order valence-corrected chi connectivity index (χ2v) is 6.63. The van der Waals surface area contributed by atoms with E-state index in [4.69, 9.17) is 0 Å². The Hall–Kier alpha value is -2.17. The molecule has 0 aliphatic carbocycles. The normalized spacial score (nSPS) is 13.7. The van der Waals surface area contributed by atoms with Crippen LogP contribution >= 0.6 is 0 Å². The molecule has 1 heterocycles. The zero-order chi connectivity index (χ0) is 17.5. The molecule has 0 unspecified atom stereocenters. The number of amides is 3. The van der Waals surface area contributed by atoms with Gasteiger partial charge < -0.3 is 4.90 Å². The van der Waals surface area contributed by atoms with E-state index in [1.54, 1.807) is 6.07 Å². The number of hydrogen-bond acceptors (Lipinski definition) is 3. The monoisotopic (exact) mass is 316 g/mol. The van der Waals surface area contributed by atoms with E-state index in [2.05, 4.69) is 0 Å². The molecule has 0 saturated heterocycles. The van der Waals surface area contributed by atoms with E-state index in [1.807, 2.05) is 47.6 Å². The molecule has 0 saturated carbocycles. The summed E-state index contributed by atoms with van der Waals surface area (Å²) in [7, 11) is 0. The minimum absolute atomic E-state index is 0.101. The zero-order valence-electron chi connectivity index (χ0n) is 14.6. The Morgan fingerprint density at radius 3 is 2.17 bits per heavy atom. The Balaban J connectivity index is 2.31. The first-order valence-corrected chi connectivity index (χ1v) is 7.94. The zero-order valence-corrected chi connectivity index (χ0v) is 14.6. The summed E-state index contributed by atoms with van der Waals surface area (Å²) in [6.07, 6.45) is 0. The van der Waals surface area contributed by atoms with Crippen molar-refractivity contribution in [3.8, 4) is 0 Å². The van der Waals surface area contributed by atoms with Gasteiger partial charge in [-0.2, -0.15) is 0 Å². The van der Waals surface area contributed by atoms with Gasteiger partial charge in [0.1, 0.15) is 0 Å². The molecule has 0 fully saturated rings. The number of carbonyl (C=O) groups is 3. The van der Waals surface area contributed by atoms with Crippen LogP contribution in [0.5, 0.6) is 0 Å². The Morgan fingerprint density at radius 1 is 1.09 bits per heavy atom. The third kappa shape index (κ3) is 2.87. The van der Waals surface area contributed by atoms with Gasteiger partial charge in [-0.3, -0.25) is 19.3 Å². The average molecular weight is 316 g/mol. The molecule has 2 rings (SSSR count). The van der Waals surface area contributed by atoms with Crippen LogP contribution in [-0.2, 0) is 16.1 Å². The summed E-state index contributed by atoms with van der Waals surface area (Å²) in [5.74, 6) is -1.75. The molecule has 0 radical (unpaired) electrons. The number of fused-ring (bicyclic) bond motifs is 1. The first-order valence-electron chi connectivity index (χ1n) is 7.94. The maximum atomic E-state index is 12.6. The molecule has 1 aliphatic heterocycles. The van der Waals surface area contributed by atoms with Gasteiger partial charge >= 0.3 is 11.8 Å². The number of benzene rings is 1. The lowest BCUT2D eigenvalue weighted by atomic mass is 10.00. The summed E-state index contributed by atoms with van der Waals surface area (Å²) in [5, 5.41) is 0. The van der Waals surface area contributed by atoms with Crippen LogP contribution in [0.3, 0.4) is 0 Å². The Morgan fingerprint density at radius 2 is 1.65 bits per heavy atom. The molecule has 0 spiro atoms. The quantitative estimate of drug-likeness (QED) is 0.787. The number of carbonyl (C=O) groups excluding carboxylic acids is 3. The molecule has 124 valence electrons. The predicted molar refractivity (Wildman–Crippen MR) is 87.9 cm³/mol. The van der Waals surface area contributed by atoms with Crippen LogP contribution in [-0.4, -0.2) is 39.6 Å². The van der Waals surface area contributed by atoms with Gasteiger partial charge in [0, 0.05) is 17.6 Å². The second-order valence-electron chi connectivity index (χ2n) is 6.63. The Bertz CT molecular complexity index is 669. The Labute approximate surface area is 137 Å². The molecule has 0 bridgehead atoms. The molecule has 1 aliphatic rings. The molecule has 5 heteroatoms. The van der Waals surface area contributed by atoms with Crippen molar-refractivity contribution >= 4 is 17.7 Å². The Kier molecular flexibility index (Phi) is 4.59. The van der Waals surface area contributed by atoms with Gasteiger partial charge in [-0.05, 0) is 64.3 Å². The van der Waals surface area contributed by atoms with Gasteiger partial charge in [0.05, 0.1) is 6.54 Å². The van der Waals surface area contributed by atoms with Crippen LogP contribution in [0.2, 0.25) is 0 Å². The van der Waals surface area contributed by atoms with E-state index >= 15 is 0 Å². The van der Waals surface area contributed by atoms with E-state index in [-0.39, 0.29) is 24.5 Å². The lowest BCUT2D eigenvalue weighted by Gasteiger charge is -2.31. The number of imide groups is 1. The van der Waals surface area contributed by atoms with Gasteiger partial charge in [-0.1, -0.05) is 6.07 Å². The van der Waals surface area contributed by atoms with E-state index in [0.29, 0.717) is 5.56 Å². The van der Waals surface area contributed by atoms with Crippen molar-refractivity contribution in [1.29, 1.82) is 0 Å². The van der Waals surface area contributed by atoms with Crippen LogP contribution in [0.15, 0.2) is 12.1 Å². The molecule has 0 atom stereocenters. The molecular formula is C18H24N2O3. The van der Waals surface area contributed by atoms with Gasteiger partial charge in [0.15, 0.2) is 0 Å². The average Bonchev–Trinajstić information content (AvgIpc) is 2.79. The summed E-state index contributed by atoms with van der Waals surface area (Å²) in [5.41, 5.74) is 3.44.